The van der Waals surface area contributed by atoms with Gasteiger partial charge in [-0.05, 0) is 79.6 Å². The first-order chi connectivity index (χ1) is 17.5. The van der Waals surface area contributed by atoms with E-state index in [1.165, 1.54) is 11.1 Å². The Morgan fingerprint density at radius 3 is 2.78 bits per heavy atom. The van der Waals surface area contributed by atoms with Crippen LogP contribution in [0.3, 0.4) is 0 Å². The van der Waals surface area contributed by atoms with E-state index in [-0.39, 0.29) is 17.9 Å². The average Bonchev–Trinajstić information content (AvgIpc) is 3.26. The van der Waals surface area contributed by atoms with Crippen LogP contribution in [0.15, 0.2) is 66.7 Å². The SMILES string of the molecule is Cc1cccc2c1nc(COc1ccc(Cl)cc1)n2CCC(C)C(=O)NC1CCCc2ccccc21. The molecule has 2 unspecified atom stereocenters. The minimum Gasteiger partial charge on any atom is -0.486 e. The quantitative estimate of drug-likeness (QED) is 0.289. The van der Waals surface area contributed by atoms with E-state index < -0.39 is 0 Å². The average molecular weight is 502 g/mol. The van der Waals surface area contributed by atoms with Crippen LogP contribution >= 0.6 is 11.6 Å². The predicted octanol–water partition coefficient (Wildman–Crippen LogP) is 6.80. The standard InChI is InChI=1S/C30H32ClN3O2/c1-20-7-5-12-27-29(20)33-28(19-36-24-15-13-23(31)14-16-24)34(27)18-17-21(2)30(35)32-26-11-6-9-22-8-3-4-10-25(22)26/h3-5,7-8,10,12-16,21,26H,6,9,11,17-19H2,1-2H3,(H,32,35). The molecule has 0 saturated heterocycles. The topological polar surface area (TPSA) is 56.2 Å². The highest BCUT2D eigenvalue weighted by Crippen LogP contribution is 2.30. The van der Waals surface area contributed by atoms with Crippen LogP contribution in [-0.2, 0) is 24.4 Å². The fraction of sp³-hybridized carbons (Fsp3) is 0.333. The number of halogens is 1. The van der Waals surface area contributed by atoms with Gasteiger partial charge < -0.3 is 14.6 Å². The van der Waals surface area contributed by atoms with Gasteiger partial charge in [0.1, 0.15) is 18.2 Å². The second-order valence-corrected chi connectivity index (χ2v) is 10.1. The number of nitrogens with zero attached hydrogens (tertiary/aromatic N) is 2. The number of benzene rings is 3. The zero-order valence-electron chi connectivity index (χ0n) is 20.8. The molecule has 0 aliphatic heterocycles. The van der Waals surface area contributed by atoms with E-state index in [1.54, 1.807) is 0 Å². The third-order valence-electron chi connectivity index (χ3n) is 7.16. The highest BCUT2D eigenvalue weighted by atomic mass is 35.5. The van der Waals surface area contributed by atoms with E-state index in [0.29, 0.717) is 24.6 Å². The lowest BCUT2D eigenvalue weighted by Crippen LogP contribution is -2.35. The summed E-state index contributed by atoms with van der Waals surface area (Å²) in [5.74, 6) is 1.58. The predicted molar refractivity (Wildman–Crippen MR) is 144 cm³/mol. The second kappa shape index (κ2) is 10.8. The maximum atomic E-state index is 13.1. The summed E-state index contributed by atoms with van der Waals surface area (Å²) in [7, 11) is 0. The van der Waals surface area contributed by atoms with Crippen LogP contribution < -0.4 is 10.1 Å². The Balaban J connectivity index is 1.29. The smallest absolute Gasteiger partial charge is 0.223 e. The van der Waals surface area contributed by atoms with Gasteiger partial charge in [0.25, 0.3) is 0 Å². The molecule has 0 saturated carbocycles. The Morgan fingerprint density at radius 1 is 1.14 bits per heavy atom. The maximum Gasteiger partial charge on any atom is 0.223 e. The molecule has 5 rings (SSSR count). The summed E-state index contributed by atoms with van der Waals surface area (Å²) < 4.78 is 8.22. The van der Waals surface area contributed by atoms with Crippen LogP contribution in [0.5, 0.6) is 5.75 Å². The molecule has 1 aromatic heterocycles. The second-order valence-electron chi connectivity index (χ2n) is 9.71. The molecule has 36 heavy (non-hydrogen) atoms. The summed E-state index contributed by atoms with van der Waals surface area (Å²) in [5, 5.41) is 3.99. The molecule has 1 heterocycles. The number of para-hydroxylation sites is 1. The van der Waals surface area contributed by atoms with Gasteiger partial charge in [-0.1, -0.05) is 54.9 Å². The Labute approximate surface area is 217 Å². The van der Waals surface area contributed by atoms with E-state index >= 15 is 0 Å². The molecule has 1 N–H and O–H groups in total. The molecule has 0 spiro atoms. The number of imidazole rings is 1. The number of aryl methyl sites for hydroxylation is 3. The van der Waals surface area contributed by atoms with Gasteiger partial charge >= 0.3 is 0 Å². The summed E-state index contributed by atoms with van der Waals surface area (Å²) >= 11 is 6.00. The molecule has 186 valence electrons. The normalized spacial score (nSPS) is 15.9. The largest absolute Gasteiger partial charge is 0.486 e. The van der Waals surface area contributed by atoms with Gasteiger partial charge in [0.15, 0.2) is 0 Å². The van der Waals surface area contributed by atoms with Gasteiger partial charge in [-0.15, -0.1) is 0 Å². The van der Waals surface area contributed by atoms with Crippen molar-refractivity contribution >= 4 is 28.5 Å². The number of amides is 1. The number of ether oxygens (including phenoxy) is 1. The summed E-state index contributed by atoms with van der Waals surface area (Å²) in [6.07, 6.45) is 3.90. The Bertz CT molecular complexity index is 1360. The molecular formula is C30H32ClN3O2. The zero-order valence-corrected chi connectivity index (χ0v) is 21.6. The number of rotatable bonds is 8. The first-order valence-corrected chi connectivity index (χ1v) is 13.1. The number of fused-ring (bicyclic) bond motifs is 2. The lowest BCUT2D eigenvalue weighted by atomic mass is 9.87. The summed E-state index contributed by atoms with van der Waals surface area (Å²) in [4.78, 5) is 18.0. The fourth-order valence-electron chi connectivity index (χ4n) is 5.05. The number of hydrogen-bond acceptors (Lipinski definition) is 3. The Kier molecular flexibility index (Phi) is 7.28. The molecule has 3 aromatic carbocycles. The van der Waals surface area contributed by atoms with Crippen LogP contribution in [0.2, 0.25) is 5.02 Å². The highest BCUT2D eigenvalue weighted by molar-refractivity contribution is 6.30. The number of carbonyl (C=O) groups is 1. The lowest BCUT2D eigenvalue weighted by Gasteiger charge is -2.27. The van der Waals surface area contributed by atoms with Crippen molar-refractivity contribution < 1.29 is 9.53 Å². The fourth-order valence-corrected chi connectivity index (χ4v) is 5.17. The van der Waals surface area contributed by atoms with Gasteiger partial charge in [0.05, 0.1) is 17.1 Å². The molecule has 1 amide bonds. The van der Waals surface area contributed by atoms with Crippen LogP contribution in [0.4, 0.5) is 0 Å². The van der Waals surface area contributed by atoms with Crippen molar-refractivity contribution in [2.45, 2.75) is 58.7 Å². The molecule has 1 aliphatic rings. The molecule has 4 aromatic rings. The zero-order chi connectivity index (χ0) is 25.1. The first kappa shape index (κ1) is 24.4. The number of hydrogen-bond donors (Lipinski definition) is 1. The van der Waals surface area contributed by atoms with Crippen molar-refractivity contribution in [3.05, 3.63) is 94.3 Å². The van der Waals surface area contributed by atoms with E-state index in [0.717, 1.165) is 47.4 Å². The van der Waals surface area contributed by atoms with Crippen molar-refractivity contribution in [2.75, 3.05) is 0 Å². The first-order valence-electron chi connectivity index (χ1n) is 12.7. The minimum absolute atomic E-state index is 0.102. The monoisotopic (exact) mass is 501 g/mol. The van der Waals surface area contributed by atoms with Crippen LogP contribution in [0.25, 0.3) is 11.0 Å². The summed E-state index contributed by atoms with van der Waals surface area (Å²) in [5.41, 5.74) is 5.79. The number of aromatic nitrogens is 2. The van der Waals surface area contributed by atoms with Gasteiger partial charge in [0.2, 0.25) is 5.91 Å². The third-order valence-corrected chi connectivity index (χ3v) is 7.41. The minimum atomic E-state index is -0.119. The maximum absolute atomic E-state index is 13.1. The number of nitrogens with one attached hydrogen (secondary N) is 1. The lowest BCUT2D eigenvalue weighted by molar-refractivity contribution is -0.125. The molecule has 1 aliphatic carbocycles. The summed E-state index contributed by atoms with van der Waals surface area (Å²) in [6, 6.07) is 22.1. The number of carbonyl (C=O) groups excluding carboxylic acids is 1. The van der Waals surface area contributed by atoms with Gasteiger partial charge in [-0.25, -0.2) is 4.98 Å². The van der Waals surface area contributed by atoms with E-state index in [1.807, 2.05) is 31.2 Å². The van der Waals surface area contributed by atoms with E-state index in [4.69, 9.17) is 21.3 Å². The third kappa shape index (κ3) is 5.26. The van der Waals surface area contributed by atoms with Crippen molar-refractivity contribution in [1.82, 2.24) is 14.9 Å². The van der Waals surface area contributed by atoms with Crippen LogP contribution in [0, 0.1) is 12.8 Å². The van der Waals surface area contributed by atoms with Crippen molar-refractivity contribution in [3.8, 4) is 5.75 Å². The van der Waals surface area contributed by atoms with Gasteiger partial charge in [-0.3, -0.25) is 4.79 Å². The Hall–Kier alpha value is -3.31. The van der Waals surface area contributed by atoms with Gasteiger partial charge in [0, 0.05) is 17.5 Å². The van der Waals surface area contributed by atoms with Gasteiger partial charge in [-0.2, -0.15) is 0 Å². The van der Waals surface area contributed by atoms with E-state index in [2.05, 4.69) is 59.3 Å². The van der Waals surface area contributed by atoms with Crippen molar-refractivity contribution in [2.24, 2.45) is 5.92 Å². The molecule has 5 nitrogen and oxygen atoms in total. The molecular weight excluding hydrogens is 470 g/mol. The summed E-state index contributed by atoms with van der Waals surface area (Å²) in [6.45, 7) is 5.12. The van der Waals surface area contributed by atoms with Crippen LogP contribution in [-0.4, -0.2) is 15.5 Å². The van der Waals surface area contributed by atoms with E-state index in [9.17, 15) is 4.79 Å². The Morgan fingerprint density at radius 2 is 1.94 bits per heavy atom. The molecule has 0 bridgehead atoms. The molecule has 6 heteroatoms. The van der Waals surface area contributed by atoms with Crippen molar-refractivity contribution in [1.29, 1.82) is 0 Å². The van der Waals surface area contributed by atoms with Crippen molar-refractivity contribution in [3.63, 3.8) is 0 Å². The molecule has 0 radical (unpaired) electrons. The van der Waals surface area contributed by atoms with Crippen LogP contribution in [0.1, 0.15) is 54.7 Å². The molecule has 0 fully saturated rings. The molecule has 2 atom stereocenters. The highest BCUT2D eigenvalue weighted by Gasteiger charge is 2.24.